The fraction of sp³-hybridized carbons (Fsp3) is 0.769. The van der Waals surface area contributed by atoms with Gasteiger partial charge in [0, 0.05) is 19.6 Å². The lowest BCUT2D eigenvalue weighted by molar-refractivity contribution is 0.166. The first kappa shape index (κ1) is 14.0. The Morgan fingerprint density at radius 1 is 1.50 bits per heavy atom. The standard InChI is InChI=1S/C13H23BrN4/c1-3-18-12(13(14)10(2)16-18)9-17-6-4-5-11(7-15)8-17/h11H,3-9,15H2,1-2H3. The van der Waals surface area contributed by atoms with E-state index >= 15 is 0 Å². The first-order chi connectivity index (χ1) is 8.65. The molecule has 2 rings (SSSR count). The second-order valence-corrected chi connectivity index (χ2v) is 5.93. The van der Waals surface area contributed by atoms with Gasteiger partial charge in [-0.15, -0.1) is 0 Å². The molecule has 1 saturated heterocycles. The van der Waals surface area contributed by atoms with Crippen molar-refractivity contribution >= 4 is 15.9 Å². The SMILES string of the molecule is CCn1nc(C)c(Br)c1CN1CCCC(CN)C1. The molecule has 0 aliphatic carbocycles. The molecule has 1 fully saturated rings. The predicted molar refractivity (Wildman–Crippen MR) is 77.4 cm³/mol. The van der Waals surface area contributed by atoms with Crippen molar-refractivity contribution in [3.63, 3.8) is 0 Å². The number of aromatic nitrogens is 2. The highest BCUT2D eigenvalue weighted by Gasteiger charge is 2.21. The van der Waals surface area contributed by atoms with E-state index in [1.165, 1.54) is 29.6 Å². The number of nitrogens with two attached hydrogens (primary N) is 1. The molecule has 5 heteroatoms. The first-order valence-electron chi connectivity index (χ1n) is 6.79. The summed E-state index contributed by atoms with van der Waals surface area (Å²) >= 11 is 3.67. The number of hydrogen-bond donors (Lipinski definition) is 1. The molecule has 4 nitrogen and oxygen atoms in total. The number of nitrogens with zero attached hydrogens (tertiary/aromatic N) is 3. The lowest BCUT2D eigenvalue weighted by atomic mass is 9.98. The number of hydrogen-bond acceptors (Lipinski definition) is 3. The summed E-state index contributed by atoms with van der Waals surface area (Å²) in [4.78, 5) is 2.51. The van der Waals surface area contributed by atoms with Gasteiger partial charge in [0.1, 0.15) is 0 Å². The molecule has 0 saturated carbocycles. The van der Waals surface area contributed by atoms with Crippen molar-refractivity contribution in [3.05, 3.63) is 15.9 Å². The van der Waals surface area contributed by atoms with E-state index in [0.717, 1.165) is 31.9 Å². The Bertz CT molecular complexity index is 402. The van der Waals surface area contributed by atoms with E-state index in [1.54, 1.807) is 0 Å². The van der Waals surface area contributed by atoms with Crippen molar-refractivity contribution in [2.75, 3.05) is 19.6 Å². The summed E-state index contributed by atoms with van der Waals surface area (Å²) in [5, 5.41) is 4.55. The highest BCUT2D eigenvalue weighted by molar-refractivity contribution is 9.10. The van der Waals surface area contributed by atoms with Gasteiger partial charge in [-0.3, -0.25) is 9.58 Å². The molecule has 1 aliphatic heterocycles. The van der Waals surface area contributed by atoms with Gasteiger partial charge in [0.15, 0.2) is 0 Å². The van der Waals surface area contributed by atoms with Crippen LogP contribution in [-0.2, 0) is 13.1 Å². The van der Waals surface area contributed by atoms with E-state index < -0.39 is 0 Å². The smallest absolute Gasteiger partial charge is 0.0739 e. The van der Waals surface area contributed by atoms with E-state index in [2.05, 4.69) is 44.5 Å². The maximum atomic E-state index is 5.80. The number of piperidine rings is 1. The molecule has 1 aromatic heterocycles. The van der Waals surface area contributed by atoms with E-state index in [9.17, 15) is 0 Å². The molecule has 1 aliphatic rings. The van der Waals surface area contributed by atoms with Crippen molar-refractivity contribution in [2.45, 2.75) is 39.8 Å². The second-order valence-electron chi connectivity index (χ2n) is 5.14. The normalized spacial score (nSPS) is 21.4. The largest absolute Gasteiger partial charge is 0.330 e. The highest BCUT2D eigenvalue weighted by atomic mass is 79.9. The average molecular weight is 315 g/mol. The lowest BCUT2D eigenvalue weighted by Gasteiger charge is -2.32. The summed E-state index contributed by atoms with van der Waals surface area (Å²) < 4.78 is 3.27. The summed E-state index contributed by atoms with van der Waals surface area (Å²) in [5.74, 6) is 0.664. The van der Waals surface area contributed by atoms with Crippen molar-refractivity contribution in [2.24, 2.45) is 11.7 Å². The zero-order valence-electron chi connectivity index (χ0n) is 11.3. The zero-order chi connectivity index (χ0) is 13.1. The molecule has 0 bridgehead atoms. The molecule has 18 heavy (non-hydrogen) atoms. The molecule has 0 spiro atoms. The maximum Gasteiger partial charge on any atom is 0.0739 e. The Labute approximate surface area is 118 Å². The van der Waals surface area contributed by atoms with Crippen molar-refractivity contribution < 1.29 is 0 Å². The number of aryl methyl sites for hydroxylation is 2. The van der Waals surface area contributed by atoms with Crippen molar-refractivity contribution in [3.8, 4) is 0 Å². The van der Waals surface area contributed by atoms with Gasteiger partial charge in [-0.05, 0) is 61.6 Å². The van der Waals surface area contributed by atoms with Crippen LogP contribution in [0.3, 0.4) is 0 Å². The van der Waals surface area contributed by atoms with Crippen LogP contribution in [0.1, 0.15) is 31.2 Å². The van der Waals surface area contributed by atoms with Crippen LogP contribution in [-0.4, -0.2) is 34.3 Å². The Balaban J connectivity index is 2.08. The molecule has 0 radical (unpaired) electrons. The molecule has 1 atom stereocenters. The molecule has 2 heterocycles. The summed E-state index contributed by atoms with van der Waals surface area (Å²) in [7, 11) is 0. The van der Waals surface area contributed by atoms with Crippen LogP contribution in [0.4, 0.5) is 0 Å². The van der Waals surface area contributed by atoms with Gasteiger partial charge >= 0.3 is 0 Å². The Morgan fingerprint density at radius 2 is 2.28 bits per heavy atom. The fourth-order valence-electron chi connectivity index (χ4n) is 2.72. The first-order valence-corrected chi connectivity index (χ1v) is 7.59. The summed E-state index contributed by atoms with van der Waals surface area (Å²) in [6, 6.07) is 0. The minimum absolute atomic E-state index is 0.664. The van der Waals surface area contributed by atoms with Gasteiger partial charge in [0.05, 0.1) is 15.9 Å². The van der Waals surface area contributed by atoms with E-state index in [-0.39, 0.29) is 0 Å². The van der Waals surface area contributed by atoms with Gasteiger partial charge in [-0.2, -0.15) is 5.10 Å². The van der Waals surface area contributed by atoms with Crippen LogP contribution >= 0.6 is 15.9 Å². The molecule has 2 N–H and O–H groups in total. The number of likely N-dealkylation sites (tertiary alicyclic amines) is 1. The summed E-state index contributed by atoms with van der Waals surface area (Å²) in [6.45, 7) is 9.21. The third-order valence-electron chi connectivity index (χ3n) is 3.76. The Morgan fingerprint density at radius 3 is 2.94 bits per heavy atom. The molecule has 0 aromatic carbocycles. The second kappa shape index (κ2) is 6.17. The van der Waals surface area contributed by atoms with Crippen LogP contribution in [0.5, 0.6) is 0 Å². The highest BCUT2D eigenvalue weighted by Crippen LogP contribution is 2.24. The number of halogens is 1. The summed E-state index contributed by atoms with van der Waals surface area (Å²) in [5.41, 5.74) is 8.18. The molecule has 102 valence electrons. The van der Waals surface area contributed by atoms with Gasteiger partial charge in [0.25, 0.3) is 0 Å². The molecule has 1 unspecified atom stereocenters. The van der Waals surface area contributed by atoms with Crippen molar-refractivity contribution in [1.29, 1.82) is 0 Å². The van der Waals surface area contributed by atoms with E-state index in [1.807, 2.05) is 0 Å². The number of rotatable bonds is 4. The molecule has 1 aromatic rings. The van der Waals surface area contributed by atoms with Crippen LogP contribution < -0.4 is 5.73 Å². The molecule has 0 amide bonds. The molecular formula is C13H23BrN4. The van der Waals surface area contributed by atoms with Crippen LogP contribution in [0, 0.1) is 12.8 Å². The Kier molecular flexibility index (Phi) is 4.81. The predicted octanol–water partition coefficient (Wildman–Crippen LogP) is 2.14. The zero-order valence-corrected chi connectivity index (χ0v) is 12.9. The van der Waals surface area contributed by atoms with Crippen LogP contribution in [0.15, 0.2) is 4.47 Å². The van der Waals surface area contributed by atoms with E-state index in [0.29, 0.717) is 5.92 Å². The van der Waals surface area contributed by atoms with Gasteiger partial charge < -0.3 is 5.73 Å². The van der Waals surface area contributed by atoms with E-state index in [4.69, 9.17) is 5.73 Å². The minimum atomic E-state index is 0.664. The monoisotopic (exact) mass is 314 g/mol. The maximum absolute atomic E-state index is 5.80. The average Bonchev–Trinajstić information content (AvgIpc) is 2.67. The third kappa shape index (κ3) is 2.95. The van der Waals surface area contributed by atoms with Gasteiger partial charge in [0.2, 0.25) is 0 Å². The van der Waals surface area contributed by atoms with Gasteiger partial charge in [-0.1, -0.05) is 0 Å². The van der Waals surface area contributed by atoms with Gasteiger partial charge in [-0.25, -0.2) is 0 Å². The lowest BCUT2D eigenvalue weighted by Crippen LogP contribution is -2.38. The van der Waals surface area contributed by atoms with Crippen molar-refractivity contribution in [1.82, 2.24) is 14.7 Å². The van der Waals surface area contributed by atoms with Crippen LogP contribution in [0.25, 0.3) is 0 Å². The summed E-state index contributed by atoms with van der Waals surface area (Å²) in [6.07, 6.45) is 2.54. The third-order valence-corrected chi connectivity index (χ3v) is 4.79. The molecular weight excluding hydrogens is 292 g/mol. The van der Waals surface area contributed by atoms with Crippen LogP contribution in [0.2, 0.25) is 0 Å². The quantitative estimate of drug-likeness (QED) is 0.926. The Hall–Kier alpha value is -0.390. The fourth-order valence-corrected chi connectivity index (χ4v) is 3.13. The minimum Gasteiger partial charge on any atom is -0.330 e. The topological polar surface area (TPSA) is 47.1 Å².